The second-order valence-corrected chi connectivity index (χ2v) is 5.62. The van der Waals surface area contributed by atoms with E-state index in [4.69, 9.17) is 0 Å². The van der Waals surface area contributed by atoms with Crippen LogP contribution in [0.25, 0.3) is 0 Å². The van der Waals surface area contributed by atoms with E-state index < -0.39 is 11.7 Å². The first-order valence-electron chi connectivity index (χ1n) is 7.32. The van der Waals surface area contributed by atoms with Crippen LogP contribution in [0, 0.1) is 5.92 Å². The Labute approximate surface area is 137 Å². The maximum absolute atomic E-state index is 12.9. The minimum absolute atomic E-state index is 0.115. The topological polar surface area (TPSA) is 66.9 Å². The van der Waals surface area contributed by atoms with Crippen LogP contribution >= 0.6 is 0 Å². The van der Waals surface area contributed by atoms with Crippen LogP contribution in [0.5, 0.6) is 0 Å². The maximum Gasteiger partial charge on any atom is 0.418 e. The van der Waals surface area contributed by atoms with Crippen molar-refractivity contribution >= 4 is 23.2 Å². The van der Waals surface area contributed by atoms with E-state index in [1.165, 1.54) is 30.3 Å². The van der Waals surface area contributed by atoms with Crippen LogP contribution in [-0.2, 0) is 11.0 Å². The van der Waals surface area contributed by atoms with E-state index in [2.05, 4.69) is 20.8 Å². The van der Waals surface area contributed by atoms with Crippen LogP contribution in [0.3, 0.4) is 0 Å². The lowest BCUT2D eigenvalue weighted by Gasteiger charge is -2.13. The number of anilines is 3. The SMILES string of the molecule is CC(C)CC(=O)Nc1ccc(Nc2ccccc2C(F)(F)F)nn1. The fraction of sp³-hybridized carbons (Fsp3) is 0.312. The van der Waals surface area contributed by atoms with Crippen LogP contribution in [0.1, 0.15) is 25.8 Å². The third-order valence-corrected chi connectivity index (χ3v) is 3.02. The summed E-state index contributed by atoms with van der Waals surface area (Å²) in [5, 5.41) is 12.7. The molecular formula is C16H17F3N4O. The Morgan fingerprint density at radius 3 is 2.29 bits per heavy atom. The molecular weight excluding hydrogens is 321 g/mol. The largest absolute Gasteiger partial charge is 0.418 e. The number of carbonyl (C=O) groups excluding carboxylic acids is 1. The third-order valence-electron chi connectivity index (χ3n) is 3.02. The molecule has 8 heteroatoms. The zero-order valence-corrected chi connectivity index (χ0v) is 13.2. The van der Waals surface area contributed by atoms with Gasteiger partial charge in [0.15, 0.2) is 11.6 Å². The van der Waals surface area contributed by atoms with Crippen molar-refractivity contribution in [3.05, 3.63) is 42.0 Å². The lowest BCUT2D eigenvalue weighted by atomic mass is 10.1. The highest BCUT2D eigenvalue weighted by molar-refractivity contribution is 5.89. The van der Waals surface area contributed by atoms with Crippen molar-refractivity contribution < 1.29 is 18.0 Å². The summed E-state index contributed by atoms with van der Waals surface area (Å²) < 4.78 is 38.8. The molecule has 0 unspecified atom stereocenters. The van der Waals surface area contributed by atoms with Crippen molar-refractivity contribution in [3.8, 4) is 0 Å². The van der Waals surface area contributed by atoms with Crippen LogP contribution in [0.15, 0.2) is 36.4 Å². The number of benzene rings is 1. The standard InChI is InChI=1S/C16H17F3N4O/c1-10(2)9-15(24)21-14-8-7-13(22-23-14)20-12-6-4-3-5-11(12)16(17,18)19/h3-8,10H,9H2,1-2H3,(H,20,22)(H,21,23,24). The lowest BCUT2D eigenvalue weighted by molar-refractivity contribution is -0.137. The van der Waals surface area contributed by atoms with Crippen molar-refractivity contribution in [2.75, 3.05) is 10.6 Å². The Kier molecular flexibility index (Phi) is 5.38. The summed E-state index contributed by atoms with van der Waals surface area (Å²) in [6.07, 6.45) is -4.12. The first-order chi connectivity index (χ1) is 11.3. The minimum atomic E-state index is -4.47. The molecule has 0 fully saturated rings. The molecule has 0 saturated carbocycles. The molecule has 1 aromatic carbocycles. The van der Waals surface area contributed by atoms with Gasteiger partial charge in [-0.2, -0.15) is 13.2 Å². The average molecular weight is 338 g/mol. The number of nitrogens with one attached hydrogen (secondary N) is 2. The van der Waals surface area contributed by atoms with Gasteiger partial charge in [-0.15, -0.1) is 10.2 Å². The summed E-state index contributed by atoms with van der Waals surface area (Å²) in [5.74, 6) is 0.407. The number of rotatable bonds is 5. The summed E-state index contributed by atoms with van der Waals surface area (Å²) in [4.78, 5) is 11.6. The summed E-state index contributed by atoms with van der Waals surface area (Å²) in [6.45, 7) is 3.83. The highest BCUT2D eigenvalue weighted by Crippen LogP contribution is 2.35. The molecule has 0 aliphatic carbocycles. The van der Waals surface area contributed by atoms with Gasteiger partial charge in [-0.25, -0.2) is 0 Å². The van der Waals surface area contributed by atoms with Gasteiger partial charge in [-0.3, -0.25) is 4.79 Å². The number of alkyl halides is 3. The molecule has 0 radical (unpaired) electrons. The Balaban J connectivity index is 2.09. The normalized spacial score (nSPS) is 11.4. The van der Waals surface area contributed by atoms with Crippen LogP contribution < -0.4 is 10.6 Å². The Hall–Kier alpha value is -2.64. The van der Waals surface area contributed by atoms with Crippen LogP contribution in [0.4, 0.5) is 30.5 Å². The van der Waals surface area contributed by atoms with Gasteiger partial charge >= 0.3 is 6.18 Å². The van der Waals surface area contributed by atoms with E-state index in [9.17, 15) is 18.0 Å². The highest BCUT2D eigenvalue weighted by Gasteiger charge is 2.33. The second kappa shape index (κ2) is 7.29. The summed E-state index contributed by atoms with van der Waals surface area (Å²) >= 11 is 0. The number of para-hydroxylation sites is 1. The summed E-state index contributed by atoms with van der Waals surface area (Å²) in [5.41, 5.74) is -0.906. The van der Waals surface area contributed by atoms with Gasteiger partial charge in [-0.1, -0.05) is 26.0 Å². The van der Waals surface area contributed by atoms with E-state index >= 15 is 0 Å². The molecule has 0 saturated heterocycles. The predicted molar refractivity (Wildman–Crippen MR) is 84.8 cm³/mol. The number of hydrogen-bond acceptors (Lipinski definition) is 4. The molecule has 1 heterocycles. The van der Waals surface area contributed by atoms with Crippen molar-refractivity contribution in [2.24, 2.45) is 5.92 Å². The zero-order chi connectivity index (χ0) is 17.7. The van der Waals surface area contributed by atoms with E-state index in [1.807, 2.05) is 13.8 Å². The van der Waals surface area contributed by atoms with Crippen molar-refractivity contribution in [3.63, 3.8) is 0 Å². The van der Waals surface area contributed by atoms with E-state index in [0.29, 0.717) is 6.42 Å². The number of hydrogen-bond donors (Lipinski definition) is 2. The van der Waals surface area contributed by atoms with Crippen LogP contribution in [-0.4, -0.2) is 16.1 Å². The van der Waals surface area contributed by atoms with Gasteiger partial charge in [0.05, 0.1) is 11.3 Å². The fourth-order valence-electron chi connectivity index (χ4n) is 2.01. The van der Waals surface area contributed by atoms with Crippen molar-refractivity contribution in [1.82, 2.24) is 10.2 Å². The van der Waals surface area contributed by atoms with Crippen LogP contribution in [0.2, 0.25) is 0 Å². The van der Waals surface area contributed by atoms with E-state index in [1.54, 1.807) is 0 Å². The Morgan fingerprint density at radius 1 is 1.08 bits per heavy atom. The molecule has 0 atom stereocenters. The van der Waals surface area contributed by atoms with Crippen molar-refractivity contribution in [1.29, 1.82) is 0 Å². The Bertz CT molecular complexity index is 699. The van der Waals surface area contributed by atoms with Gasteiger partial charge in [0.2, 0.25) is 5.91 Å². The molecule has 0 bridgehead atoms. The van der Waals surface area contributed by atoms with Gasteiger partial charge in [-0.05, 0) is 30.2 Å². The van der Waals surface area contributed by atoms with E-state index in [-0.39, 0.29) is 29.1 Å². The number of aromatic nitrogens is 2. The number of amides is 1. The first kappa shape index (κ1) is 17.7. The zero-order valence-electron chi connectivity index (χ0n) is 13.2. The number of nitrogens with zero attached hydrogens (tertiary/aromatic N) is 2. The monoisotopic (exact) mass is 338 g/mol. The van der Waals surface area contributed by atoms with Gasteiger partial charge < -0.3 is 10.6 Å². The summed E-state index contributed by atoms with van der Waals surface area (Å²) in [6, 6.07) is 8.02. The molecule has 0 aliphatic rings. The van der Waals surface area contributed by atoms with Crippen molar-refractivity contribution in [2.45, 2.75) is 26.4 Å². The molecule has 128 valence electrons. The molecule has 1 aromatic heterocycles. The maximum atomic E-state index is 12.9. The fourth-order valence-corrected chi connectivity index (χ4v) is 2.01. The van der Waals surface area contributed by atoms with Gasteiger partial charge in [0, 0.05) is 6.42 Å². The molecule has 1 amide bonds. The molecule has 2 rings (SSSR count). The molecule has 5 nitrogen and oxygen atoms in total. The Morgan fingerprint density at radius 2 is 1.71 bits per heavy atom. The third kappa shape index (κ3) is 4.94. The molecule has 0 spiro atoms. The highest BCUT2D eigenvalue weighted by atomic mass is 19.4. The summed E-state index contributed by atoms with van der Waals surface area (Å²) in [7, 11) is 0. The van der Waals surface area contributed by atoms with E-state index in [0.717, 1.165) is 6.07 Å². The first-order valence-corrected chi connectivity index (χ1v) is 7.32. The predicted octanol–water partition coefficient (Wildman–Crippen LogP) is 4.22. The average Bonchev–Trinajstić information content (AvgIpc) is 2.48. The number of carbonyl (C=O) groups is 1. The molecule has 2 N–H and O–H groups in total. The molecule has 2 aromatic rings. The quantitative estimate of drug-likeness (QED) is 0.856. The second-order valence-electron chi connectivity index (χ2n) is 5.62. The smallest absolute Gasteiger partial charge is 0.338 e. The lowest BCUT2D eigenvalue weighted by Crippen LogP contribution is -2.15. The number of halogens is 3. The van der Waals surface area contributed by atoms with Gasteiger partial charge in [0.1, 0.15) is 0 Å². The molecule has 24 heavy (non-hydrogen) atoms. The minimum Gasteiger partial charge on any atom is -0.338 e. The van der Waals surface area contributed by atoms with Gasteiger partial charge in [0.25, 0.3) is 0 Å². The molecule has 0 aliphatic heterocycles.